The van der Waals surface area contributed by atoms with E-state index in [9.17, 15) is 4.79 Å². The molecule has 0 saturated heterocycles. The molecule has 0 aliphatic carbocycles. The Bertz CT molecular complexity index is 349. The molecule has 0 aromatic heterocycles. The Morgan fingerprint density at radius 3 is 2.53 bits per heavy atom. The van der Waals surface area contributed by atoms with Crippen molar-refractivity contribution in [3.8, 4) is 0 Å². The van der Waals surface area contributed by atoms with Gasteiger partial charge >= 0.3 is 6.09 Å². The second kappa shape index (κ2) is 6.25. The third-order valence-electron chi connectivity index (χ3n) is 2.51. The monoisotopic (exact) mass is 237 g/mol. The van der Waals surface area contributed by atoms with Crippen molar-refractivity contribution in [1.82, 2.24) is 0 Å². The second-order valence-corrected chi connectivity index (χ2v) is 4.34. The number of methoxy groups -OCH3 is 1. The number of hydrogen-bond donors (Lipinski definition) is 1. The lowest BCUT2D eigenvalue weighted by Gasteiger charge is -2.22. The third kappa shape index (κ3) is 5.36. The molecular formula is C13H19NO3. The van der Waals surface area contributed by atoms with Crippen molar-refractivity contribution in [2.45, 2.75) is 25.9 Å². The van der Waals surface area contributed by atoms with Gasteiger partial charge in [0.2, 0.25) is 0 Å². The Labute approximate surface area is 102 Å². The van der Waals surface area contributed by atoms with Crippen molar-refractivity contribution in [2.75, 3.05) is 19.0 Å². The van der Waals surface area contributed by atoms with Crippen LogP contribution in [0.5, 0.6) is 0 Å². The molecule has 1 amide bonds. The Hall–Kier alpha value is -1.55. The zero-order valence-corrected chi connectivity index (χ0v) is 10.5. The number of carbonyl (C=O) groups excluding carboxylic acids is 1. The van der Waals surface area contributed by atoms with Crippen molar-refractivity contribution in [1.29, 1.82) is 0 Å². The first-order valence-electron chi connectivity index (χ1n) is 5.57. The van der Waals surface area contributed by atoms with Gasteiger partial charge in [0, 0.05) is 19.2 Å². The van der Waals surface area contributed by atoms with Gasteiger partial charge in [-0.1, -0.05) is 18.2 Å². The molecule has 4 heteroatoms. The van der Waals surface area contributed by atoms with Gasteiger partial charge in [-0.2, -0.15) is 0 Å². The molecule has 0 aliphatic rings. The molecule has 4 nitrogen and oxygen atoms in total. The average molecular weight is 237 g/mol. The summed E-state index contributed by atoms with van der Waals surface area (Å²) in [6.45, 7) is 4.23. The van der Waals surface area contributed by atoms with Crippen LogP contribution in [0.2, 0.25) is 0 Å². The standard InChI is InChI=1S/C13H19NO3/c1-13(2,16-3)9-10-17-12(15)14-11-7-5-4-6-8-11/h4-8H,9-10H2,1-3H3,(H,14,15). The Morgan fingerprint density at radius 1 is 1.29 bits per heavy atom. The third-order valence-corrected chi connectivity index (χ3v) is 2.51. The van der Waals surface area contributed by atoms with Crippen molar-refractivity contribution < 1.29 is 14.3 Å². The van der Waals surface area contributed by atoms with Crippen LogP contribution in [0.4, 0.5) is 10.5 Å². The van der Waals surface area contributed by atoms with Crippen molar-refractivity contribution in [3.05, 3.63) is 30.3 Å². The Morgan fingerprint density at radius 2 is 1.94 bits per heavy atom. The Kier molecular flexibility index (Phi) is 4.97. The SMILES string of the molecule is COC(C)(C)CCOC(=O)Nc1ccccc1. The minimum atomic E-state index is -0.442. The second-order valence-electron chi connectivity index (χ2n) is 4.34. The van der Waals surface area contributed by atoms with E-state index in [0.29, 0.717) is 13.0 Å². The highest BCUT2D eigenvalue weighted by molar-refractivity contribution is 5.84. The first kappa shape index (κ1) is 13.5. The number of anilines is 1. The summed E-state index contributed by atoms with van der Waals surface area (Å²) >= 11 is 0. The summed E-state index contributed by atoms with van der Waals surface area (Å²) in [5.41, 5.74) is 0.455. The zero-order chi connectivity index (χ0) is 12.7. The van der Waals surface area contributed by atoms with Crippen molar-refractivity contribution in [2.24, 2.45) is 0 Å². The average Bonchev–Trinajstić information content (AvgIpc) is 2.30. The molecule has 1 rings (SSSR count). The van der Waals surface area contributed by atoms with Crippen LogP contribution in [0, 0.1) is 0 Å². The van der Waals surface area contributed by atoms with Crippen LogP contribution < -0.4 is 5.32 Å². The molecule has 0 saturated carbocycles. The highest BCUT2D eigenvalue weighted by Crippen LogP contribution is 2.13. The smallest absolute Gasteiger partial charge is 0.411 e. The zero-order valence-electron chi connectivity index (χ0n) is 10.5. The van der Waals surface area contributed by atoms with E-state index < -0.39 is 6.09 Å². The lowest BCUT2D eigenvalue weighted by molar-refractivity contribution is 0.00125. The molecule has 1 aromatic carbocycles. The lowest BCUT2D eigenvalue weighted by atomic mass is 10.1. The van der Waals surface area contributed by atoms with Crippen LogP contribution in [0.1, 0.15) is 20.3 Å². The molecule has 94 valence electrons. The van der Waals surface area contributed by atoms with Gasteiger partial charge in [0.1, 0.15) is 0 Å². The fourth-order valence-corrected chi connectivity index (χ4v) is 1.17. The number of hydrogen-bond acceptors (Lipinski definition) is 3. The quantitative estimate of drug-likeness (QED) is 0.856. The van der Waals surface area contributed by atoms with E-state index in [0.717, 1.165) is 5.69 Å². The van der Waals surface area contributed by atoms with E-state index in [1.54, 1.807) is 19.2 Å². The topological polar surface area (TPSA) is 47.6 Å². The number of para-hydroxylation sites is 1. The van der Waals surface area contributed by atoms with Crippen LogP contribution >= 0.6 is 0 Å². The largest absolute Gasteiger partial charge is 0.449 e. The van der Waals surface area contributed by atoms with Crippen LogP contribution in [0.25, 0.3) is 0 Å². The first-order chi connectivity index (χ1) is 8.03. The summed E-state index contributed by atoms with van der Waals surface area (Å²) in [6.07, 6.45) is 0.217. The molecule has 0 aliphatic heterocycles. The number of rotatable bonds is 5. The summed E-state index contributed by atoms with van der Waals surface area (Å²) in [4.78, 5) is 11.4. The van der Waals surface area contributed by atoms with Gasteiger partial charge in [0.25, 0.3) is 0 Å². The number of nitrogens with one attached hydrogen (secondary N) is 1. The van der Waals surface area contributed by atoms with E-state index in [-0.39, 0.29) is 5.60 Å². The predicted octanol–water partition coefficient (Wildman–Crippen LogP) is 3.05. The van der Waals surface area contributed by atoms with E-state index in [1.807, 2.05) is 32.0 Å². The van der Waals surface area contributed by atoms with E-state index in [4.69, 9.17) is 9.47 Å². The van der Waals surface area contributed by atoms with Gasteiger partial charge in [0.15, 0.2) is 0 Å². The van der Waals surface area contributed by atoms with Crippen LogP contribution in [-0.4, -0.2) is 25.4 Å². The number of ether oxygens (including phenoxy) is 2. The molecule has 17 heavy (non-hydrogen) atoms. The molecule has 0 spiro atoms. The lowest BCUT2D eigenvalue weighted by Crippen LogP contribution is -2.26. The van der Waals surface area contributed by atoms with Crippen molar-refractivity contribution >= 4 is 11.8 Å². The molecule has 0 radical (unpaired) electrons. The minimum Gasteiger partial charge on any atom is -0.449 e. The number of carbonyl (C=O) groups is 1. The highest BCUT2D eigenvalue weighted by Gasteiger charge is 2.16. The van der Waals surface area contributed by atoms with Gasteiger partial charge in [-0.15, -0.1) is 0 Å². The maximum atomic E-state index is 11.4. The summed E-state index contributed by atoms with van der Waals surface area (Å²) in [5, 5.41) is 2.64. The van der Waals surface area contributed by atoms with Crippen LogP contribution in [0.15, 0.2) is 30.3 Å². The van der Waals surface area contributed by atoms with Gasteiger partial charge < -0.3 is 9.47 Å². The fraction of sp³-hybridized carbons (Fsp3) is 0.462. The van der Waals surface area contributed by atoms with E-state index in [2.05, 4.69) is 5.32 Å². The maximum absolute atomic E-state index is 11.4. The summed E-state index contributed by atoms with van der Waals surface area (Å²) in [6, 6.07) is 9.20. The van der Waals surface area contributed by atoms with Gasteiger partial charge in [-0.25, -0.2) is 4.79 Å². The number of benzene rings is 1. The minimum absolute atomic E-state index is 0.271. The van der Waals surface area contributed by atoms with E-state index >= 15 is 0 Å². The maximum Gasteiger partial charge on any atom is 0.411 e. The molecule has 0 fully saturated rings. The summed E-state index contributed by atoms with van der Waals surface area (Å²) in [5.74, 6) is 0. The first-order valence-corrected chi connectivity index (χ1v) is 5.57. The molecule has 0 bridgehead atoms. The van der Waals surface area contributed by atoms with Gasteiger partial charge in [0.05, 0.1) is 12.2 Å². The fourth-order valence-electron chi connectivity index (χ4n) is 1.17. The highest BCUT2D eigenvalue weighted by atomic mass is 16.5. The molecule has 0 unspecified atom stereocenters. The summed E-state index contributed by atoms with van der Waals surface area (Å²) < 4.78 is 10.3. The Balaban J connectivity index is 2.27. The van der Waals surface area contributed by atoms with Gasteiger partial charge in [-0.3, -0.25) is 5.32 Å². The predicted molar refractivity (Wildman–Crippen MR) is 67.1 cm³/mol. The van der Waals surface area contributed by atoms with Gasteiger partial charge in [-0.05, 0) is 26.0 Å². The number of amides is 1. The van der Waals surface area contributed by atoms with Crippen LogP contribution in [0.3, 0.4) is 0 Å². The van der Waals surface area contributed by atoms with Crippen molar-refractivity contribution in [3.63, 3.8) is 0 Å². The molecule has 0 atom stereocenters. The van der Waals surface area contributed by atoms with Crippen LogP contribution in [-0.2, 0) is 9.47 Å². The van der Waals surface area contributed by atoms with E-state index in [1.165, 1.54) is 0 Å². The molecule has 1 N–H and O–H groups in total. The molecule has 1 aromatic rings. The normalized spacial score (nSPS) is 11.0. The molecule has 0 heterocycles. The molecular weight excluding hydrogens is 218 g/mol. The summed E-state index contributed by atoms with van der Waals surface area (Å²) in [7, 11) is 1.64.